The molecule has 0 saturated carbocycles. The van der Waals surface area contributed by atoms with Crippen molar-refractivity contribution in [3.8, 4) is 22.9 Å². The molecule has 3 aromatic rings. The zero-order chi connectivity index (χ0) is 26.2. The second-order valence-corrected chi connectivity index (χ2v) is 7.59. The molecule has 0 spiro atoms. The van der Waals surface area contributed by atoms with Gasteiger partial charge in [-0.05, 0) is 36.2 Å². The van der Waals surface area contributed by atoms with E-state index in [9.17, 15) is 35.1 Å². The van der Waals surface area contributed by atoms with Gasteiger partial charge in [0.25, 0.3) is 0 Å². The minimum atomic E-state index is -4.81. The Morgan fingerprint density at radius 2 is 1.31 bits per heavy atom. The van der Waals surface area contributed by atoms with E-state index < -0.39 is 75.3 Å². The minimum absolute atomic E-state index is 0.0344. The normalized spacial score (nSPS) is 14.5. The van der Waals surface area contributed by atoms with Crippen LogP contribution in [0.2, 0.25) is 0 Å². The molecular weight excluding hydrogens is 502 g/mol. The summed E-state index contributed by atoms with van der Waals surface area (Å²) in [5, 5.41) is 8.63. The van der Waals surface area contributed by atoms with Crippen molar-refractivity contribution in [2.75, 3.05) is 13.2 Å². The van der Waals surface area contributed by atoms with E-state index in [0.29, 0.717) is 6.42 Å². The maximum atomic E-state index is 14.7. The second-order valence-electron chi connectivity index (χ2n) is 7.59. The molecule has 12 heteroatoms. The lowest BCUT2D eigenvalue weighted by Crippen LogP contribution is -2.25. The summed E-state index contributed by atoms with van der Waals surface area (Å²) in [5.74, 6) is -10.7. The maximum absolute atomic E-state index is 14.7. The third-order valence-electron chi connectivity index (χ3n) is 5.16. The van der Waals surface area contributed by atoms with E-state index in [1.165, 1.54) is 6.07 Å². The lowest BCUT2D eigenvalue weighted by Gasteiger charge is -2.24. The molecule has 1 heterocycles. The Balaban J connectivity index is 1.68. The van der Waals surface area contributed by atoms with Gasteiger partial charge >= 0.3 is 6.11 Å². The third kappa shape index (κ3) is 4.84. The summed E-state index contributed by atoms with van der Waals surface area (Å²) in [4.78, 5) is 0. The van der Waals surface area contributed by atoms with Crippen LogP contribution in [0.3, 0.4) is 0 Å². The van der Waals surface area contributed by atoms with Crippen LogP contribution in [-0.2, 0) is 15.6 Å². The summed E-state index contributed by atoms with van der Waals surface area (Å²) in [5.41, 5.74) is -4.74. The zero-order valence-corrected chi connectivity index (χ0v) is 17.9. The molecule has 0 aromatic heterocycles. The van der Waals surface area contributed by atoms with Gasteiger partial charge in [-0.3, -0.25) is 0 Å². The van der Waals surface area contributed by atoms with Gasteiger partial charge in [-0.1, -0.05) is 0 Å². The van der Waals surface area contributed by atoms with Gasteiger partial charge in [0.05, 0.1) is 18.8 Å². The fraction of sp³-hybridized carbons (Fsp3) is 0.208. The summed E-state index contributed by atoms with van der Waals surface area (Å²) >= 11 is 0. The van der Waals surface area contributed by atoms with Gasteiger partial charge in [0, 0.05) is 17.7 Å². The number of hydrogen-bond donors (Lipinski definition) is 0. The van der Waals surface area contributed by atoms with Crippen LogP contribution in [0.25, 0.3) is 11.1 Å². The number of hydrogen-bond acceptors (Lipinski definition) is 4. The van der Waals surface area contributed by atoms with Crippen molar-refractivity contribution < 1.29 is 49.3 Å². The summed E-state index contributed by atoms with van der Waals surface area (Å²) in [6, 6.07) is 3.78. The van der Waals surface area contributed by atoms with E-state index in [1.807, 2.05) is 0 Å². The van der Waals surface area contributed by atoms with E-state index in [2.05, 4.69) is 4.74 Å². The van der Waals surface area contributed by atoms with E-state index in [4.69, 9.17) is 14.7 Å². The minimum Gasteiger partial charge on any atom is -0.429 e. The van der Waals surface area contributed by atoms with Gasteiger partial charge < -0.3 is 14.2 Å². The first-order valence-corrected chi connectivity index (χ1v) is 10.2. The molecule has 1 aliphatic heterocycles. The van der Waals surface area contributed by atoms with Crippen LogP contribution in [0.4, 0.5) is 35.1 Å². The van der Waals surface area contributed by atoms with Gasteiger partial charge in [0.2, 0.25) is 0 Å². The highest BCUT2D eigenvalue weighted by Gasteiger charge is 2.42. The van der Waals surface area contributed by atoms with E-state index >= 15 is 0 Å². The Bertz CT molecular complexity index is 1300. The summed E-state index contributed by atoms with van der Waals surface area (Å²) in [7, 11) is 0. The lowest BCUT2D eigenvalue weighted by molar-refractivity contribution is -0.189. The number of benzene rings is 3. The number of alkyl halides is 2. The molecule has 4 nitrogen and oxygen atoms in total. The average molecular weight is 515 g/mol. The number of ether oxygens (including phenoxy) is 3. The van der Waals surface area contributed by atoms with Gasteiger partial charge in [-0.2, -0.15) is 14.0 Å². The lowest BCUT2D eigenvalue weighted by atomic mass is 9.99. The maximum Gasteiger partial charge on any atom is 0.432 e. The van der Waals surface area contributed by atoms with E-state index in [0.717, 1.165) is 12.1 Å². The highest BCUT2D eigenvalue weighted by molar-refractivity contribution is 5.66. The third-order valence-corrected chi connectivity index (χ3v) is 5.16. The van der Waals surface area contributed by atoms with Crippen LogP contribution in [0.15, 0.2) is 36.4 Å². The Kier molecular flexibility index (Phi) is 6.88. The Morgan fingerprint density at radius 1 is 0.778 bits per heavy atom. The highest BCUT2D eigenvalue weighted by Crippen LogP contribution is 2.39. The van der Waals surface area contributed by atoms with Crippen molar-refractivity contribution in [3.63, 3.8) is 0 Å². The van der Waals surface area contributed by atoms with Crippen molar-refractivity contribution in [3.05, 3.63) is 88.0 Å². The predicted molar refractivity (Wildman–Crippen MR) is 107 cm³/mol. The molecule has 3 aromatic carbocycles. The van der Waals surface area contributed by atoms with Crippen LogP contribution in [0, 0.1) is 46.2 Å². The Labute approximate surface area is 198 Å². The van der Waals surface area contributed by atoms with Gasteiger partial charge in [0.15, 0.2) is 6.29 Å². The monoisotopic (exact) mass is 515 g/mol. The first-order chi connectivity index (χ1) is 17.0. The average Bonchev–Trinajstić information content (AvgIpc) is 2.78. The number of nitriles is 1. The molecule has 0 bridgehead atoms. The number of halogens is 8. The molecule has 1 aliphatic rings. The standard InChI is InChI=1S/C24H13F8NO3/c25-15-8-13(9-16(26)14(15)10-33)36-24(31,32)22-19(29)4-11(5-20(22)30)21-17(27)6-12(7-18(21)28)23-34-2-1-3-35-23/h4-9,23H,1-3H2. The van der Waals surface area contributed by atoms with Crippen molar-refractivity contribution in [1.29, 1.82) is 5.26 Å². The Morgan fingerprint density at radius 3 is 1.81 bits per heavy atom. The highest BCUT2D eigenvalue weighted by atomic mass is 19.3. The molecule has 1 saturated heterocycles. The van der Waals surface area contributed by atoms with Gasteiger partial charge in [-0.15, -0.1) is 0 Å². The fourth-order valence-electron chi connectivity index (χ4n) is 3.59. The molecule has 0 radical (unpaired) electrons. The van der Waals surface area contributed by atoms with Crippen molar-refractivity contribution in [2.45, 2.75) is 18.8 Å². The first kappa shape index (κ1) is 25.4. The van der Waals surface area contributed by atoms with Crippen molar-refractivity contribution >= 4 is 0 Å². The topological polar surface area (TPSA) is 51.5 Å². The summed E-state index contributed by atoms with van der Waals surface area (Å²) in [6.45, 7) is 0.567. The van der Waals surface area contributed by atoms with Gasteiger partial charge in [-0.25, -0.2) is 26.3 Å². The molecule has 0 amide bonds. The van der Waals surface area contributed by atoms with Crippen LogP contribution < -0.4 is 4.74 Å². The van der Waals surface area contributed by atoms with Crippen molar-refractivity contribution in [2.24, 2.45) is 0 Å². The van der Waals surface area contributed by atoms with Crippen LogP contribution >= 0.6 is 0 Å². The summed E-state index contributed by atoms with van der Waals surface area (Å²) < 4.78 is 130. The molecule has 188 valence electrons. The zero-order valence-electron chi connectivity index (χ0n) is 17.9. The quantitative estimate of drug-likeness (QED) is 0.359. The number of nitrogens with zero attached hydrogens (tertiary/aromatic N) is 1. The predicted octanol–water partition coefficient (Wildman–Crippen LogP) is 6.62. The number of rotatable bonds is 5. The van der Waals surface area contributed by atoms with E-state index in [1.54, 1.807) is 0 Å². The Hall–Kier alpha value is -3.69. The molecule has 0 atom stereocenters. The largest absolute Gasteiger partial charge is 0.432 e. The molecule has 0 aliphatic carbocycles. The first-order valence-electron chi connectivity index (χ1n) is 10.2. The second kappa shape index (κ2) is 9.75. The van der Waals surface area contributed by atoms with Crippen LogP contribution in [0.1, 0.15) is 29.4 Å². The van der Waals surface area contributed by atoms with Crippen molar-refractivity contribution in [1.82, 2.24) is 0 Å². The van der Waals surface area contributed by atoms with Gasteiger partial charge in [0.1, 0.15) is 57.8 Å². The molecule has 36 heavy (non-hydrogen) atoms. The molecule has 4 rings (SSSR count). The SMILES string of the molecule is N#Cc1c(F)cc(OC(F)(F)c2c(F)cc(-c3c(F)cc(C4OCCCO4)cc3F)cc2F)cc1F. The molecular formula is C24H13F8NO3. The molecule has 1 fully saturated rings. The summed E-state index contributed by atoms with van der Waals surface area (Å²) in [6.07, 6.45) is -5.29. The smallest absolute Gasteiger partial charge is 0.429 e. The fourth-order valence-corrected chi connectivity index (χ4v) is 3.59. The van der Waals surface area contributed by atoms with Crippen LogP contribution in [0.5, 0.6) is 5.75 Å². The molecule has 0 N–H and O–H groups in total. The van der Waals surface area contributed by atoms with E-state index in [-0.39, 0.29) is 43.0 Å². The van der Waals surface area contributed by atoms with Crippen LogP contribution in [-0.4, -0.2) is 13.2 Å². The molecule has 0 unspecified atom stereocenters.